The van der Waals surface area contributed by atoms with Gasteiger partial charge in [-0.05, 0) is 20.8 Å². The maximum absolute atomic E-state index is 10.8. The third-order valence-corrected chi connectivity index (χ3v) is 1.28. The van der Waals surface area contributed by atoms with Crippen molar-refractivity contribution in [2.75, 3.05) is 6.61 Å². The molecule has 0 atom stereocenters. The number of ether oxygens (including phenoxy) is 1. The van der Waals surface area contributed by atoms with Gasteiger partial charge < -0.3 is 4.74 Å². The number of amides is 1. The molecule has 0 aromatic rings. The average Bonchev–Trinajstić information content (AvgIpc) is 1.86. The standard InChI is InChI=1S/C7H16N2O2/c1-4-11-7(2,3)5-6(10)9-8/h4-5,8H2,1-3H3,(H,9,10). The predicted octanol–water partition coefficient (Wildman–Crippen LogP) is 0.182. The molecule has 4 nitrogen and oxygen atoms in total. The van der Waals surface area contributed by atoms with Crippen LogP contribution in [0.5, 0.6) is 0 Å². The summed E-state index contributed by atoms with van der Waals surface area (Å²) in [6.45, 7) is 6.20. The van der Waals surface area contributed by atoms with E-state index in [0.717, 1.165) is 0 Å². The van der Waals surface area contributed by atoms with Gasteiger partial charge in [0.15, 0.2) is 0 Å². The van der Waals surface area contributed by atoms with Crippen LogP contribution < -0.4 is 11.3 Å². The van der Waals surface area contributed by atoms with Gasteiger partial charge in [-0.1, -0.05) is 0 Å². The predicted molar refractivity (Wildman–Crippen MR) is 42.7 cm³/mol. The fourth-order valence-electron chi connectivity index (χ4n) is 0.879. The van der Waals surface area contributed by atoms with Crippen LogP contribution in [0.25, 0.3) is 0 Å². The van der Waals surface area contributed by atoms with Gasteiger partial charge >= 0.3 is 0 Å². The second-order valence-electron chi connectivity index (χ2n) is 2.94. The van der Waals surface area contributed by atoms with Crippen LogP contribution in [0.1, 0.15) is 27.2 Å². The Morgan fingerprint density at radius 2 is 2.18 bits per heavy atom. The third kappa shape index (κ3) is 4.75. The van der Waals surface area contributed by atoms with Crippen LogP contribution in [0.4, 0.5) is 0 Å². The lowest BCUT2D eigenvalue weighted by Gasteiger charge is -2.23. The lowest BCUT2D eigenvalue weighted by Crippen LogP contribution is -2.37. The first-order valence-electron chi connectivity index (χ1n) is 3.65. The summed E-state index contributed by atoms with van der Waals surface area (Å²) < 4.78 is 5.29. The zero-order valence-electron chi connectivity index (χ0n) is 7.31. The van der Waals surface area contributed by atoms with E-state index in [1.165, 1.54) is 0 Å². The first-order valence-corrected chi connectivity index (χ1v) is 3.65. The van der Waals surface area contributed by atoms with Gasteiger partial charge in [-0.15, -0.1) is 0 Å². The molecule has 3 N–H and O–H groups in total. The van der Waals surface area contributed by atoms with E-state index >= 15 is 0 Å². The Balaban J connectivity index is 3.80. The monoisotopic (exact) mass is 160 g/mol. The summed E-state index contributed by atoms with van der Waals surface area (Å²) in [5.74, 6) is 4.72. The van der Waals surface area contributed by atoms with Gasteiger partial charge in [0.25, 0.3) is 0 Å². The van der Waals surface area contributed by atoms with Gasteiger partial charge in [0.2, 0.25) is 5.91 Å². The van der Waals surface area contributed by atoms with Crippen molar-refractivity contribution in [2.45, 2.75) is 32.8 Å². The molecule has 1 amide bonds. The second-order valence-corrected chi connectivity index (χ2v) is 2.94. The molecule has 0 bridgehead atoms. The Morgan fingerprint density at radius 1 is 1.64 bits per heavy atom. The average molecular weight is 160 g/mol. The molecule has 0 aliphatic rings. The van der Waals surface area contributed by atoms with E-state index in [2.05, 4.69) is 5.43 Å². The summed E-state index contributed by atoms with van der Waals surface area (Å²) in [6.07, 6.45) is 0.289. The van der Waals surface area contributed by atoms with E-state index in [-0.39, 0.29) is 12.3 Å². The topological polar surface area (TPSA) is 64.3 Å². The second kappa shape index (κ2) is 4.31. The smallest absolute Gasteiger partial charge is 0.236 e. The van der Waals surface area contributed by atoms with E-state index in [4.69, 9.17) is 10.6 Å². The molecule has 4 heteroatoms. The number of hydrazine groups is 1. The third-order valence-electron chi connectivity index (χ3n) is 1.28. The van der Waals surface area contributed by atoms with Crippen LogP contribution in [0.3, 0.4) is 0 Å². The first-order chi connectivity index (χ1) is 5.02. The van der Waals surface area contributed by atoms with Gasteiger partial charge in [-0.2, -0.15) is 0 Å². The number of nitrogens with one attached hydrogen (secondary N) is 1. The van der Waals surface area contributed by atoms with Crippen LogP contribution in [-0.4, -0.2) is 18.1 Å². The Bertz CT molecular complexity index is 134. The Labute approximate surface area is 67.1 Å². The van der Waals surface area contributed by atoms with Gasteiger partial charge in [-0.25, -0.2) is 5.84 Å². The van der Waals surface area contributed by atoms with Crippen molar-refractivity contribution in [3.05, 3.63) is 0 Å². The highest BCUT2D eigenvalue weighted by molar-refractivity contribution is 5.76. The molecule has 0 spiro atoms. The van der Waals surface area contributed by atoms with Crippen LogP contribution in [-0.2, 0) is 9.53 Å². The number of hydrogen-bond acceptors (Lipinski definition) is 3. The van der Waals surface area contributed by atoms with E-state index in [1.807, 2.05) is 20.8 Å². The summed E-state index contributed by atoms with van der Waals surface area (Å²) in [4.78, 5) is 10.8. The molecule has 11 heavy (non-hydrogen) atoms. The Morgan fingerprint density at radius 3 is 2.55 bits per heavy atom. The minimum atomic E-state index is -0.418. The molecule has 0 saturated carbocycles. The fourth-order valence-corrected chi connectivity index (χ4v) is 0.879. The van der Waals surface area contributed by atoms with Crippen LogP contribution in [0.2, 0.25) is 0 Å². The summed E-state index contributed by atoms with van der Waals surface area (Å²) >= 11 is 0. The Kier molecular flexibility index (Phi) is 4.07. The molecule has 0 radical (unpaired) electrons. The summed E-state index contributed by atoms with van der Waals surface area (Å²) in [5.41, 5.74) is 1.64. The number of carbonyl (C=O) groups excluding carboxylic acids is 1. The quantitative estimate of drug-likeness (QED) is 0.350. The maximum atomic E-state index is 10.8. The fraction of sp³-hybridized carbons (Fsp3) is 0.857. The van der Waals surface area contributed by atoms with Crippen LogP contribution >= 0.6 is 0 Å². The molecular formula is C7H16N2O2. The van der Waals surface area contributed by atoms with Crippen LogP contribution in [0.15, 0.2) is 0 Å². The molecule has 0 rings (SSSR count). The summed E-state index contributed by atoms with van der Waals surface area (Å²) in [7, 11) is 0. The number of rotatable bonds is 4. The van der Waals surface area contributed by atoms with E-state index in [1.54, 1.807) is 0 Å². The molecular weight excluding hydrogens is 144 g/mol. The van der Waals surface area contributed by atoms with Gasteiger partial charge in [0.1, 0.15) is 0 Å². The number of nitrogens with two attached hydrogens (primary N) is 1. The van der Waals surface area contributed by atoms with Crippen LogP contribution in [0, 0.1) is 0 Å². The zero-order chi connectivity index (χ0) is 8.91. The lowest BCUT2D eigenvalue weighted by molar-refractivity contribution is -0.127. The van der Waals surface area contributed by atoms with Crippen molar-refractivity contribution in [3.63, 3.8) is 0 Å². The minimum Gasteiger partial charge on any atom is -0.375 e. The van der Waals surface area contributed by atoms with Crippen molar-refractivity contribution >= 4 is 5.91 Å². The van der Waals surface area contributed by atoms with E-state index < -0.39 is 5.60 Å². The minimum absolute atomic E-state index is 0.205. The maximum Gasteiger partial charge on any atom is 0.236 e. The van der Waals surface area contributed by atoms with Gasteiger partial charge in [0, 0.05) is 6.61 Å². The Hall–Kier alpha value is -0.610. The van der Waals surface area contributed by atoms with E-state index in [0.29, 0.717) is 6.61 Å². The number of hydrogen-bond donors (Lipinski definition) is 2. The van der Waals surface area contributed by atoms with Gasteiger partial charge in [-0.3, -0.25) is 10.2 Å². The largest absolute Gasteiger partial charge is 0.375 e. The molecule has 0 fully saturated rings. The highest BCUT2D eigenvalue weighted by Crippen LogP contribution is 2.13. The molecule has 0 aromatic carbocycles. The highest BCUT2D eigenvalue weighted by Gasteiger charge is 2.21. The normalized spacial score (nSPS) is 11.3. The molecule has 0 heterocycles. The van der Waals surface area contributed by atoms with Gasteiger partial charge in [0.05, 0.1) is 12.0 Å². The SMILES string of the molecule is CCOC(C)(C)CC(=O)NN. The first kappa shape index (κ1) is 10.4. The number of carbonyl (C=O) groups is 1. The summed E-state index contributed by atoms with van der Waals surface area (Å²) in [5, 5.41) is 0. The molecule has 0 saturated heterocycles. The molecule has 0 aromatic heterocycles. The summed E-state index contributed by atoms with van der Waals surface area (Å²) in [6, 6.07) is 0. The van der Waals surface area contributed by atoms with Crippen molar-refractivity contribution in [1.29, 1.82) is 0 Å². The lowest BCUT2D eigenvalue weighted by atomic mass is 10.1. The molecule has 0 aliphatic carbocycles. The van der Waals surface area contributed by atoms with Crippen molar-refractivity contribution in [3.8, 4) is 0 Å². The highest BCUT2D eigenvalue weighted by atomic mass is 16.5. The van der Waals surface area contributed by atoms with Crippen molar-refractivity contribution in [2.24, 2.45) is 5.84 Å². The molecule has 66 valence electrons. The van der Waals surface area contributed by atoms with Crippen molar-refractivity contribution in [1.82, 2.24) is 5.43 Å². The molecule has 0 aliphatic heterocycles. The zero-order valence-corrected chi connectivity index (χ0v) is 7.31. The van der Waals surface area contributed by atoms with Crippen molar-refractivity contribution < 1.29 is 9.53 Å². The molecule has 0 unspecified atom stereocenters. The van der Waals surface area contributed by atoms with E-state index in [9.17, 15) is 4.79 Å².